The van der Waals surface area contributed by atoms with E-state index in [-0.39, 0.29) is 11.7 Å². The molecule has 6 N–H and O–H groups in total. The summed E-state index contributed by atoms with van der Waals surface area (Å²) in [6, 6.07) is 8.48. The number of anilines is 1. The first kappa shape index (κ1) is 16.3. The molecule has 126 valence electrons. The molecule has 2 aromatic rings. The van der Waals surface area contributed by atoms with Gasteiger partial charge < -0.3 is 21.5 Å². The van der Waals surface area contributed by atoms with Crippen molar-refractivity contribution in [2.24, 2.45) is 11.5 Å². The Labute approximate surface area is 143 Å². The molecule has 1 aromatic heterocycles. The fourth-order valence-electron chi connectivity index (χ4n) is 2.59. The molecular weight excluding hydrogens is 328 g/mol. The lowest BCUT2D eigenvalue weighted by atomic mass is 10.1. The first-order chi connectivity index (χ1) is 11.5. The van der Waals surface area contributed by atoms with Crippen molar-refractivity contribution < 1.29 is 14.3 Å². The Morgan fingerprint density at radius 1 is 1.29 bits per heavy atom. The Kier molecular flexibility index (Phi) is 4.68. The fourth-order valence-corrected chi connectivity index (χ4v) is 3.69. The van der Waals surface area contributed by atoms with E-state index in [2.05, 4.69) is 10.6 Å². The van der Waals surface area contributed by atoms with E-state index in [9.17, 15) is 9.59 Å². The smallest absolute Gasteiger partial charge is 0.317 e. The summed E-state index contributed by atoms with van der Waals surface area (Å²) in [5.74, 6) is 0.105. The van der Waals surface area contributed by atoms with Crippen LogP contribution in [0.1, 0.15) is 16.8 Å². The summed E-state index contributed by atoms with van der Waals surface area (Å²) < 4.78 is 6.07. The summed E-state index contributed by atoms with van der Waals surface area (Å²) in [5, 5.41) is 6.04. The standard InChI is InChI=1S/C16H18N4O3S/c17-14(21)11-7-13(24-15(11)20-16(18)22)10-3-1-2-4-12(10)23-9-5-6-19-8-9/h1-4,7,9,19H,5-6,8H2,(H2,17,21)(H3,18,20,22)/t9-/m0/s1. The minimum Gasteiger partial charge on any atom is -0.488 e. The number of rotatable bonds is 5. The monoisotopic (exact) mass is 346 g/mol. The summed E-state index contributed by atoms with van der Waals surface area (Å²) in [4.78, 5) is 23.5. The molecule has 1 saturated heterocycles. The highest BCUT2D eigenvalue weighted by Gasteiger charge is 2.21. The molecule has 24 heavy (non-hydrogen) atoms. The Morgan fingerprint density at radius 2 is 2.08 bits per heavy atom. The second-order valence-corrected chi connectivity index (χ2v) is 6.49. The van der Waals surface area contributed by atoms with E-state index in [0.29, 0.717) is 5.00 Å². The van der Waals surface area contributed by atoms with Crippen LogP contribution in [0.15, 0.2) is 30.3 Å². The Hall–Kier alpha value is -2.58. The topological polar surface area (TPSA) is 119 Å². The molecule has 1 aliphatic heterocycles. The molecule has 2 heterocycles. The molecule has 0 aliphatic carbocycles. The summed E-state index contributed by atoms with van der Waals surface area (Å²) in [6.45, 7) is 1.74. The van der Waals surface area contributed by atoms with E-state index in [4.69, 9.17) is 16.2 Å². The highest BCUT2D eigenvalue weighted by Crippen LogP contribution is 2.40. The molecule has 1 aliphatic rings. The molecule has 1 atom stereocenters. The predicted molar refractivity (Wildman–Crippen MR) is 93.4 cm³/mol. The number of urea groups is 1. The number of nitrogens with one attached hydrogen (secondary N) is 2. The van der Waals surface area contributed by atoms with Crippen LogP contribution >= 0.6 is 11.3 Å². The maximum atomic E-state index is 11.6. The highest BCUT2D eigenvalue weighted by atomic mass is 32.1. The molecule has 3 rings (SSSR count). The van der Waals surface area contributed by atoms with Crippen LogP contribution in [-0.4, -0.2) is 31.1 Å². The zero-order valence-corrected chi connectivity index (χ0v) is 13.7. The zero-order chi connectivity index (χ0) is 17.1. The number of primary amides is 2. The van der Waals surface area contributed by atoms with E-state index >= 15 is 0 Å². The van der Waals surface area contributed by atoms with Gasteiger partial charge in [-0.15, -0.1) is 11.3 Å². The predicted octanol–water partition coefficient (Wildman–Crippen LogP) is 1.75. The SMILES string of the molecule is NC(=O)Nc1sc(-c2ccccc2O[C@H]2CCNC2)cc1C(N)=O. The van der Waals surface area contributed by atoms with Gasteiger partial charge in [-0.2, -0.15) is 0 Å². The van der Waals surface area contributed by atoms with E-state index in [1.54, 1.807) is 6.07 Å². The van der Waals surface area contributed by atoms with Crippen molar-refractivity contribution in [2.75, 3.05) is 18.4 Å². The molecule has 0 radical (unpaired) electrons. The first-order valence-electron chi connectivity index (χ1n) is 7.51. The van der Waals surface area contributed by atoms with Crippen molar-refractivity contribution in [1.82, 2.24) is 5.32 Å². The van der Waals surface area contributed by atoms with Gasteiger partial charge in [0.2, 0.25) is 0 Å². The van der Waals surface area contributed by atoms with Crippen LogP contribution < -0.4 is 26.8 Å². The second kappa shape index (κ2) is 6.90. The lowest BCUT2D eigenvalue weighted by Gasteiger charge is -2.15. The van der Waals surface area contributed by atoms with Gasteiger partial charge in [-0.25, -0.2) is 4.79 Å². The summed E-state index contributed by atoms with van der Waals surface area (Å²) in [6.07, 6.45) is 1.06. The van der Waals surface area contributed by atoms with Gasteiger partial charge in [0.1, 0.15) is 16.9 Å². The number of nitrogens with two attached hydrogens (primary N) is 2. The first-order valence-corrected chi connectivity index (χ1v) is 8.33. The number of carbonyl (C=O) groups is 2. The van der Waals surface area contributed by atoms with Crippen molar-refractivity contribution >= 4 is 28.3 Å². The van der Waals surface area contributed by atoms with E-state index in [0.717, 1.165) is 35.7 Å². The Bertz CT molecular complexity index is 768. The number of benzene rings is 1. The number of ether oxygens (including phenoxy) is 1. The van der Waals surface area contributed by atoms with Gasteiger partial charge in [0, 0.05) is 17.0 Å². The molecule has 7 nitrogen and oxygen atoms in total. The summed E-state index contributed by atoms with van der Waals surface area (Å²) >= 11 is 1.23. The van der Waals surface area contributed by atoms with Gasteiger partial charge in [-0.1, -0.05) is 12.1 Å². The third kappa shape index (κ3) is 3.50. The van der Waals surface area contributed by atoms with Crippen LogP contribution in [0.25, 0.3) is 10.4 Å². The van der Waals surface area contributed by atoms with Crippen molar-refractivity contribution in [3.05, 3.63) is 35.9 Å². The van der Waals surface area contributed by atoms with E-state index < -0.39 is 11.9 Å². The van der Waals surface area contributed by atoms with Gasteiger partial charge in [-0.05, 0) is 31.2 Å². The third-order valence-corrected chi connectivity index (χ3v) is 4.78. The summed E-state index contributed by atoms with van der Waals surface area (Å²) in [5.41, 5.74) is 11.6. The molecular formula is C16H18N4O3S. The number of amides is 3. The molecule has 3 amide bonds. The number of para-hydroxylation sites is 1. The highest BCUT2D eigenvalue weighted by molar-refractivity contribution is 7.20. The average molecular weight is 346 g/mol. The van der Waals surface area contributed by atoms with Crippen molar-refractivity contribution in [3.63, 3.8) is 0 Å². The zero-order valence-electron chi connectivity index (χ0n) is 12.9. The Morgan fingerprint density at radius 3 is 2.75 bits per heavy atom. The van der Waals surface area contributed by atoms with Crippen molar-refractivity contribution in [1.29, 1.82) is 0 Å². The van der Waals surface area contributed by atoms with Gasteiger partial charge in [0.05, 0.1) is 5.56 Å². The van der Waals surface area contributed by atoms with Crippen LogP contribution in [-0.2, 0) is 0 Å². The maximum absolute atomic E-state index is 11.6. The minimum atomic E-state index is -0.743. The van der Waals surface area contributed by atoms with E-state index in [1.165, 1.54) is 11.3 Å². The van der Waals surface area contributed by atoms with Crippen LogP contribution in [0.4, 0.5) is 9.80 Å². The molecule has 1 aromatic carbocycles. The molecule has 0 spiro atoms. The maximum Gasteiger partial charge on any atom is 0.317 e. The van der Waals surface area contributed by atoms with Crippen molar-refractivity contribution in [3.8, 4) is 16.2 Å². The summed E-state index contributed by atoms with van der Waals surface area (Å²) in [7, 11) is 0. The number of hydrogen-bond acceptors (Lipinski definition) is 5. The minimum absolute atomic E-state index is 0.116. The van der Waals surface area contributed by atoms with E-state index in [1.807, 2.05) is 24.3 Å². The number of carbonyl (C=O) groups excluding carboxylic acids is 2. The molecule has 0 saturated carbocycles. The van der Waals surface area contributed by atoms with Crippen LogP contribution in [0.3, 0.4) is 0 Å². The van der Waals surface area contributed by atoms with Gasteiger partial charge in [-0.3, -0.25) is 10.1 Å². The third-order valence-electron chi connectivity index (χ3n) is 3.70. The van der Waals surface area contributed by atoms with Gasteiger partial charge >= 0.3 is 6.03 Å². The van der Waals surface area contributed by atoms with Crippen LogP contribution in [0.2, 0.25) is 0 Å². The number of thiophene rings is 1. The molecule has 0 bridgehead atoms. The Balaban J connectivity index is 1.96. The largest absolute Gasteiger partial charge is 0.488 e. The molecule has 8 heteroatoms. The quantitative estimate of drug-likeness (QED) is 0.659. The normalized spacial score (nSPS) is 16.8. The fraction of sp³-hybridized carbons (Fsp3) is 0.250. The van der Waals surface area contributed by atoms with Gasteiger partial charge in [0.25, 0.3) is 5.91 Å². The number of hydrogen-bond donors (Lipinski definition) is 4. The van der Waals surface area contributed by atoms with Gasteiger partial charge in [0.15, 0.2) is 0 Å². The molecule has 0 unspecified atom stereocenters. The average Bonchev–Trinajstić information content (AvgIpc) is 3.17. The lowest BCUT2D eigenvalue weighted by Crippen LogP contribution is -2.21. The van der Waals surface area contributed by atoms with Crippen LogP contribution in [0, 0.1) is 0 Å². The lowest BCUT2D eigenvalue weighted by molar-refractivity contribution is 0.100. The second-order valence-electron chi connectivity index (χ2n) is 5.44. The molecule has 1 fully saturated rings. The van der Waals surface area contributed by atoms with Crippen LogP contribution in [0.5, 0.6) is 5.75 Å². The van der Waals surface area contributed by atoms with Crippen molar-refractivity contribution in [2.45, 2.75) is 12.5 Å².